The Hall–Kier alpha value is -2.66. The number of hydrogen-bond donors (Lipinski definition) is 1. The number of carbonyl (C=O) groups is 1. The minimum Gasteiger partial charge on any atom is -0.318 e. The van der Waals surface area contributed by atoms with E-state index < -0.39 is 0 Å². The summed E-state index contributed by atoms with van der Waals surface area (Å²) >= 11 is 1.50. The van der Waals surface area contributed by atoms with Gasteiger partial charge in [-0.25, -0.2) is 5.43 Å². The van der Waals surface area contributed by atoms with Crippen molar-refractivity contribution in [1.29, 1.82) is 0 Å². The molecule has 3 rings (SSSR count). The molecule has 1 N–H and O–H groups in total. The van der Waals surface area contributed by atoms with Crippen molar-refractivity contribution >= 4 is 17.2 Å². The molecule has 0 fully saturated rings. The van der Waals surface area contributed by atoms with Crippen LogP contribution in [0.3, 0.4) is 0 Å². The van der Waals surface area contributed by atoms with Crippen molar-refractivity contribution < 1.29 is 4.79 Å². The van der Waals surface area contributed by atoms with Crippen LogP contribution in [-0.2, 0) is 11.8 Å². The zero-order valence-corrected chi connectivity index (χ0v) is 13.8. The van der Waals surface area contributed by atoms with Crippen LogP contribution < -0.4 is 10.2 Å². The average Bonchev–Trinajstić information content (AvgIpc) is 2.95. The molecule has 0 spiro atoms. The molecule has 0 bridgehead atoms. The highest BCUT2D eigenvalue weighted by molar-refractivity contribution is 7.07. The smallest absolute Gasteiger partial charge is 0.237 e. The molecular weight excluding hydrogens is 306 g/mol. The van der Waals surface area contributed by atoms with Crippen LogP contribution in [0.15, 0.2) is 65.1 Å². The van der Waals surface area contributed by atoms with E-state index in [1.807, 2.05) is 35.2 Å². The number of nitrogens with one attached hydrogen (secondary N) is 1. The molecule has 0 aliphatic heterocycles. The first-order chi connectivity index (χ1) is 11.1. The maximum absolute atomic E-state index is 11.0. The normalized spacial score (nSPS) is 11.5. The summed E-state index contributed by atoms with van der Waals surface area (Å²) in [5.74, 6) is -0.174. The standard InChI is InChI=1S/C18H17N3OS/c1-13(22)19-20-18-21(2)17(12-23-18)16-10-8-15(9-11-16)14-6-4-3-5-7-14/h3-12H,1-2H3,(H,19,22). The van der Waals surface area contributed by atoms with Gasteiger partial charge in [-0.05, 0) is 16.7 Å². The predicted octanol–water partition coefficient (Wildman–Crippen LogP) is 3.37. The highest BCUT2D eigenvalue weighted by Gasteiger charge is 2.05. The molecule has 1 heterocycles. The van der Waals surface area contributed by atoms with Gasteiger partial charge in [0.1, 0.15) is 0 Å². The summed E-state index contributed by atoms with van der Waals surface area (Å²) < 4.78 is 1.97. The molecule has 1 aromatic heterocycles. The minimum atomic E-state index is -0.174. The van der Waals surface area contributed by atoms with E-state index >= 15 is 0 Å². The lowest BCUT2D eigenvalue weighted by Crippen LogP contribution is -2.21. The van der Waals surface area contributed by atoms with Crippen LogP contribution in [-0.4, -0.2) is 10.5 Å². The number of hydrogen-bond acceptors (Lipinski definition) is 3. The third kappa shape index (κ3) is 3.40. The Bertz CT molecular complexity index is 877. The van der Waals surface area contributed by atoms with Crippen molar-refractivity contribution in [3.05, 3.63) is 64.8 Å². The maximum atomic E-state index is 11.0. The van der Waals surface area contributed by atoms with Crippen LogP contribution >= 0.6 is 11.3 Å². The van der Waals surface area contributed by atoms with E-state index in [1.54, 1.807) is 0 Å². The molecule has 0 aliphatic rings. The Morgan fingerprint density at radius 2 is 1.61 bits per heavy atom. The van der Waals surface area contributed by atoms with E-state index in [4.69, 9.17) is 0 Å². The number of benzene rings is 2. The maximum Gasteiger partial charge on any atom is 0.237 e. The Kier molecular flexibility index (Phi) is 4.39. The van der Waals surface area contributed by atoms with Crippen molar-refractivity contribution in [3.8, 4) is 22.4 Å². The summed E-state index contributed by atoms with van der Waals surface area (Å²) in [4.78, 5) is 11.7. The van der Waals surface area contributed by atoms with Crippen molar-refractivity contribution in [1.82, 2.24) is 9.99 Å². The fourth-order valence-corrected chi connectivity index (χ4v) is 3.19. The lowest BCUT2D eigenvalue weighted by Gasteiger charge is -2.05. The van der Waals surface area contributed by atoms with Gasteiger partial charge in [0.05, 0.1) is 5.69 Å². The first-order valence-electron chi connectivity index (χ1n) is 7.26. The minimum absolute atomic E-state index is 0.174. The summed E-state index contributed by atoms with van der Waals surface area (Å²) in [6.45, 7) is 1.44. The van der Waals surface area contributed by atoms with Crippen LogP contribution in [0, 0.1) is 0 Å². The Labute approximate surface area is 138 Å². The van der Waals surface area contributed by atoms with Gasteiger partial charge in [-0.3, -0.25) is 4.79 Å². The summed E-state index contributed by atoms with van der Waals surface area (Å²) in [6.07, 6.45) is 0. The van der Waals surface area contributed by atoms with E-state index in [0.29, 0.717) is 0 Å². The molecule has 23 heavy (non-hydrogen) atoms. The van der Waals surface area contributed by atoms with E-state index in [1.165, 1.54) is 29.4 Å². The molecule has 2 aromatic carbocycles. The summed E-state index contributed by atoms with van der Waals surface area (Å²) in [7, 11) is 1.94. The van der Waals surface area contributed by atoms with E-state index in [0.717, 1.165) is 16.1 Å². The van der Waals surface area contributed by atoms with Crippen molar-refractivity contribution in [2.45, 2.75) is 6.92 Å². The SMILES string of the molecule is CC(=O)NN=c1scc(-c2ccc(-c3ccccc3)cc2)n1C. The van der Waals surface area contributed by atoms with Gasteiger partial charge < -0.3 is 4.57 Å². The van der Waals surface area contributed by atoms with Gasteiger partial charge in [0.25, 0.3) is 0 Å². The van der Waals surface area contributed by atoms with Gasteiger partial charge in [-0.1, -0.05) is 54.6 Å². The van der Waals surface area contributed by atoms with Gasteiger partial charge in [0.2, 0.25) is 10.7 Å². The zero-order chi connectivity index (χ0) is 16.2. The quantitative estimate of drug-likeness (QED) is 0.738. The molecule has 0 saturated heterocycles. The number of rotatable bonds is 3. The monoisotopic (exact) mass is 323 g/mol. The molecule has 0 saturated carbocycles. The first-order valence-corrected chi connectivity index (χ1v) is 8.14. The molecule has 5 heteroatoms. The second kappa shape index (κ2) is 6.62. The van der Waals surface area contributed by atoms with Gasteiger partial charge in [0, 0.05) is 19.4 Å². The molecule has 0 unspecified atom stereocenters. The first kappa shape index (κ1) is 15.2. The molecule has 116 valence electrons. The van der Waals surface area contributed by atoms with Gasteiger partial charge in [-0.15, -0.1) is 16.4 Å². The molecule has 0 atom stereocenters. The molecule has 0 radical (unpaired) electrons. The molecule has 1 amide bonds. The molecule has 0 aliphatic carbocycles. The van der Waals surface area contributed by atoms with Crippen molar-refractivity contribution in [2.75, 3.05) is 0 Å². The molecule has 3 aromatic rings. The highest BCUT2D eigenvalue weighted by atomic mass is 32.1. The second-order valence-electron chi connectivity index (χ2n) is 5.19. The summed E-state index contributed by atoms with van der Waals surface area (Å²) in [5, 5.41) is 6.14. The largest absolute Gasteiger partial charge is 0.318 e. The van der Waals surface area contributed by atoms with E-state index in [2.05, 4.69) is 46.9 Å². The third-order valence-corrected chi connectivity index (χ3v) is 4.44. The number of nitrogens with zero attached hydrogens (tertiary/aromatic N) is 2. The van der Waals surface area contributed by atoms with Crippen LogP contribution in [0.25, 0.3) is 22.4 Å². The van der Waals surface area contributed by atoms with Gasteiger partial charge in [0.15, 0.2) is 0 Å². The zero-order valence-electron chi connectivity index (χ0n) is 13.0. The Balaban J connectivity index is 1.91. The van der Waals surface area contributed by atoms with Gasteiger partial charge in [-0.2, -0.15) is 0 Å². The lowest BCUT2D eigenvalue weighted by atomic mass is 10.0. The van der Waals surface area contributed by atoms with Crippen molar-refractivity contribution in [3.63, 3.8) is 0 Å². The van der Waals surface area contributed by atoms with Crippen LogP contribution in [0.1, 0.15) is 6.92 Å². The fourth-order valence-electron chi connectivity index (χ4n) is 2.32. The number of aromatic nitrogens is 1. The second-order valence-corrected chi connectivity index (χ2v) is 6.02. The Morgan fingerprint density at radius 1 is 1.00 bits per heavy atom. The number of carbonyl (C=O) groups excluding carboxylic acids is 1. The fraction of sp³-hybridized carbons (Fsp3) is 0.111. The predicted molar refractivity (Wildman–Crippen MR) is 93.5 cm³/mol. The molecular formula is C18H17N3OS. The lowest BCUT2D eigenvalue weighted by molar-refractivity contribution is -0.119. The summed E-state index contributed by atoms with van der Waals surface area (Å²) in [5.41, 5.74) is 7.05. The van der Waals surface area contributed by atoms with Crippen LogP contribution in [0.2, 0.25) is 0 Å². The van der Waals surface area contributed by atoms with Crippen LogP contribution in [0.4, 0.5) is 0 Å². The van der Waals surface area contributed by atoms with E-state index in [-0.39, 0.29) is 5.91 Å². The molecule has 4 nitrogen and oxygen atoms in total. The Morgan fingerprint density at radius 3 is 2.26 bits per heavy atom. The number of amides is 1. The van der Waals surface area contributed by atoms with Gasteiger partial charge >= 0.3 is 0 Å². The topological polar surface area (TPSA) is 46.4 Å². The van der Waals surface area contributed by atoms with E-state index in [9.17, 15) is 4.79 Å². The third-order valence-electron chi connectivity index (χ3n) is 3.52. The van der Waals surface area contributed by atoms with Crippen LogP contribution in [0.5, 0.6) is 0 Å². The summed E-state index contributed by atoms with van der Waals surface area (Å²) in [6, 6.07) is 18.7. The average molecular weight is 323 g/mol. The van der Waals surface area contributed by atoms with Crippen molar-refractivity contribution in [2.24, 2.45) is 12.1 Å². The number of thiazole rings is 1. The highest BCUT2D eigenvalue weighted by Crippen LogP contribution is 2.24.